The standard InChI is InChI=1S/C28H41N3O4/c1-22-11-4-6-14-25(22)35-26-15-7-5-13-24(26)28(33,16-8-9-20-34-3)23-12-10-18-31(21-23)27(32)30(2)19-17-29/h4-7,11,13-15,23,33H,8-10,12,16-21,29H2,1-3H3. The Hall–Kier alpha value is -2.61. The van der Waals surface area contributed by atoms with Gasteiger partial charge in [0.05, 0.1) is 5.60 Å². The van der Waals surface area contributed by atoms with E-state index in [1.54, 1.807) is 19.1 Å². The molecule has 0 radical (unpaired) electrons. The number of benzene rings is 2. The van der Waals surface area contributed by atoms with Crippen LogP contribution in [-0.2, 0) is 10.3 Å². The first kappa shape index (κ1) is 27.0. The van der Waals surface area contributed by atoms with Gasteiger partial charge in [-0.25, -0.2) is 4.79 Å². The normalized spacial score (nSPS) is 17.6. The molecule has 3 rings (SSSR count). The Balaban J connectivity index is 1.92. The first-order valence-corrected chi connectivity index (χ1v) is 12.6. The summed E-state index contributed by atoms with van der Waals surface area (Å²) in [4.78, 5) is 16.5. The van der Waals surface area contributed by atoms with Gasteiger partial charge in [0.15, 0.2) is 0 Å². The molecule has 192 valence electrons. The van der Waals surface area contributed by atoms with Crippen molar-refractivity contribution in [2.45, 2.75) is 44.6 Å². The largest absolute Gasteiger partial charge is 0.457 e. The summed E-state index contributed by atoms with van der Waals surface area (Å²) >= 11 is 0. The number of hydrogen-bond acceptors (Lipinski definition) is 5. The number of methoxy groups -OCH3 is 1. The number of urea groups is 1. The molecule has 3 N–H and O–H groups in total. The van der Waals surface area contributed by atoms with Gasteiger partial charge < -0.3 is 30.1 Å². The Kier molecular flexibility index (Phi) is 9.95. The number of aliphatic hydroxyl groups is 1. The summed E-state index contributed by atoms with van der Waals surface area (Å²) in [6.07, 6.45) is 3.91. The van der Waals surface area contributed by atoms with E-state index in [4.69, 9.17) is 15.2 Å². The summed E-state index contributed by atoms with van der Waals surface area (Å²) in [5.74, 6) is 1.31. The Morgan fingerprint density at radius 2 is 1.89 bits per heavy atom. The molecule has 0 spiro atoms. The maximum atomic E-state index is 13.0. The third-order valence-electron chi connectivity index (χ3n) is 6.98. The first-order valence-electron chi connectivity index (χ1n) is 12.6. The highest BCUT2D eigenvalue weighted by Crippen LogP contribution is 2.44. The smallest absolute Gasteiger partial charge is 0.319 e. The van der Waals surface area contributed by atoms with Gasteiger partial charge in [-0.15, -0.1) is 0 Å². The van der Waals surface area contributed by atoms with Gasteiger partial charge in [0.1, 0.15) is 11.5 Å². The summed E-state index contributed by atoms with van der Waals surface area (Å²) < 4.78 is 11.6. The molecule has 7 nitrogen and oxygen atoms in total. The van der Waals surface area contributed by atoms with Crippen molar-refractivity contribution in [3.05, 3.63) is 59.7 Å². The molecule has 2 amide bonds. The van der Waals surface area contributed by atoms with Gasteiger partial charge in [-0.3, -0.25) is 0 Å². The summed E-state index contributed by atoms with van der Waals surface area (Å²) in [6.45, 7) is 4.77. The van der Waals surface area contributed by atoms with E-state index in [0.717, 1.165) is 42.6 Å². The Morgan fingerprint density at radius 1 is 1.17 bits per heavy atom. The fraction of sp³-hybridized carbons (Fsp3) is 0.536. The lowest BCUT2D eigenvalue weighted by molar-refractivity contribution is -0.0586. The lowest BCUT2D eigenvalue weighted by Gasteiger charge is -2.44. The SMILES string of the molecule is COCCCCC(O)(c1ccccc1Oc1ccccc1C)C1CCCN(C(=O)N(C)CCN)C1. The minimum atomic E-state index is -1.14. The fourth-order valence-corrected chi connectivity index (χ4v) is 4.97. The number of carbonyl (C=O) groups excluding carboxylic acids is 1. The third kappa shape index (κ3) is 6.75. The minimum absolute atomic E-state index is 0.0358. The van der Waals surface area contributed by atoms with Gasteiger partial charge in [0.25, 0.3) is 0 Å². The molecule has 1 fully saturated rings. The van der Waals surface area contributed by atoms with Crippen LogP contribution in [0.4, 0.5) is 4.79 Å². The predicted molar refractivity (Wildman–Crippen MR) is 139 cm³/mol. The van der Waals surface area contributed by atoms with Crippen molar-refractivity contribution in [1.82, 2.24) is 9.80 Å². The number of rotatable bonds is 11. The van der Waals surface area contributed by atoms with Crippen LogP contribution in [0, 0.1) is 12.8 Å². The van der Waals surface area contributed by atoms with E-state index < -0.39 is 5.60 Å². The molecular formula is C28H41N3O4. The quantitative estimate of drug-likeness (QED) is 0.459. The lowest BCUT2D eigenvalue weighted by Crippen LogP contribution is -2.51. The van der Waals surface area contributed by atoms with Gasteiger partial charge in [0, 0.05) is 58.4 Å². The van der Waals surface area contributed by atoms with Gasteiger partial charge in [-0.1, -0.05) is 36.4 Å². The van der Waals surface area contributed by atoms with Crippen LogP contribution in [0.5, 0.6) is 11.5 Å². The van der Waals surface area contributed by atoms with Crippen molar-refractivity contribution in [3.8, 4) is 11.5 Å². The molecule has 1 saturated heterocycles. The number of carbonyl (C=O) groups is 1. The second-order valence-corrected chi connectivity index (χ2v) is 9.52. The molecule has 35 heavy (non-hydrogen) atoms. The zero-order valence-electron chi connectivity index (χ0n) is 21.4. The van der Waals surface area contributed by atoms with Crippen LogP contribution < -0.4 is 10.5 Å². The second-order valence-electron chi connectivity index (χ2n) is 9.52. The molecule has 0 aliphatic carbocycles. The summed E-state index contributed by atoms with van der Waals surface area (Å²) in [6, 6.07) is 15.6. The fourth-order valence-electron chi connectivity index (χ4n) is 4.97. The molecule has 2 atom stereocenters. The van der Waals surface area contributed by atoms with Crippen molar-refractivity contribution in [3.63, 3.8) is 0 Å². The van der Waals surface area contributed by atoms with Crippen molar-refractivity contribution in [2.75, 3.05) is 46.9 Å². The number of likely N-dealkylation sites (N-methyl/N-ethyl adjacent to an activating group) is 1. The second kappa shape index (κ2) is 12.9. The lowest BCUT2D eigenvalue weighted by atomic mass is 9.73. The highest BCUT2D eigenvalue weighted by Gasteiger charge is 2.43. The van der Waals surface area contributed by atoms with Crippen LogP contribution in [0.1, 0.15) is 43.2 Å². The van der Waals surface area contributed by atoms with Crippen LogP contribution >= 0.6 is 0 Å². The van der Waals surface area contributed by atoms with Crippen molar-refractivity contribution in [2.24, 2.45) is 11.7 Å². The van der Waals surface area contributed by atoms with Gasteiger partial charge in [-0.2, -0.15) is 0 Å². The molecule has 0 bridgehead atoms. The van der Waals surface area contributed by atoms with Gasteiger partial charge in [-0.05, 0) is 56.7 Å². The van der Waals surface area contributed by atoms with Gasteiger partial charge >= 0.3 is 6.03 Å². The average molecular weight is 484 g/mol. The predicted octanol–water partition coefficient (Wildman–Crippen LogP) is 4.51. The van der Waals surface area contributed by atoms with E-state index in [-0.39, 0.29) is 11.9 Å². The highest BCUT2D eigenvalue weighted by molar-refractivity contribution is 5.74. The van der Waals surface area contributed by atoms with Crippen LogP contribution in [0.25, 0.3) is 0 Å². The first-order chi connectivity index (χ1) is 16.9. The molecule has 2 aromatic rings. The molecule has 2 unspecified atom stereocenters. The molecule has 7 heteroatoms. The van der Waals surface area contributed by atoms with Crippen LogP contribution in [0.15, 0.2) is 48.5 Å². The number of piperidine rings is 1. The van der Waals surface area contributed by atoms with Crippen molar-refractivity contribution in [1.29, 1.82) is 0 Å². The zero-order valence-corrected chi connectivity index (χ0v) is 21.4. The number of amides is 2. The topological polar surface area (TPSA) is 88.3 Å². The van der Waals surface area contributed by atoms with E-state index >= 15 is 0 Å². The van der Waals surface area contributed by atoms with E-state index in [2.05, 4.69) is 0 Å². The Labute approximate surface area is 209 Å². The van der Waals surface area contributed by atoms with Crippen LogP contribution in [0.3, 0.4) is 0 Å². The van der Waals surface area contributed by atoms with Crippen molar-refractivity contribution >= 4 is 6.03 Å². The molecule has 2 aromatic carbocycles. The summed E-state index contributed by atoms with van der Waals surface area (Å²) in [7, 11) is 3.47. The number of hydrogen-bond donors (Lipinski definition) is 2. The number of para-hydroxylation sites is 2. The minimum Gasteiger partial charge on any atom is -0.457 e. The monoisotopic (exact) mass is 483 g/mol. The molecule has 0 aromatic heterocycles. The molecular weight excluding hydrogens is 442 g/mol. The Bertz CT molecular complexity index is 953. The van der Waals surface area contributed by atoms with E-state index in [1.165, 1.54) is 0 Å². The van der Waals surface area contributed by atoms with E-state index in [1.807, 2.05) is 60.4 Å². The number of aryl methyl sites for hydroxylation is 1. The summed E-state index contributed by atoms with van der Waals surface area (Å²) in [5.41, 5.74) is 6.33. The average Bonchev–Trinajstić information content (AvgIpc) is 2.88. The number of likely N-dealkylation sites (tertiary alicyclic amines) is 1. The van der Waals surface area contributed by atoms with Crippen molar-refractivity contribution < 1.29 is 19.4 Å². The highest BCUT2D eigenvalue weighted by atomic mass is 16.5. The molecule has 1 aliphatic heterocycles. The van der Waals surface area contributed by atoms with Crippen LogP contribution in [-0.4, -0.2) is 67.9 Å². The van der Waals surface area contributed by atoms with Crippen LogP contribution in [0.2, 0.25) is 0 Å². The third-order valence-corrected chi connectivity index (χ3v) is 6.98. The maximum absolute atomic E-state index is 13.0. The number of ether oxygens (including phenoxy) is 2. The summed E-state index contributed by atoms with van der Waals surface area (Å²) in [5, 5.41) is 12.4. The molecule has 1 aliphatic rings. The maximum Gasteiger partial charge on any atom is 0.319 e. The van der Waals surface area contributed by atoms with E-state index in [9.17, 15) is 9.90 Å². The molecule has 1 heterocycles. The van der Waals surface area contributed by atoms with Gasteiger partial charge in [0.2, 0.25) is 0 Å². The van der Waals surface area contributed by atoms with E-state index in [0.29, 0.717) is 45.0 Å². The number of unbranched alkanes of at least 4 members (excludes halogenated alkanes) is 1. The number of nitrogens with zero attached hydrogens (tertiary/aromatic N) is 2. The Morgan fingerprint density at radius 3 is 2.60 bits per heavy atom. The molecule has 0 saturated carbocycles. The number of nitrogens with two attached hydrogens (primary N) is 1. The zero-order chi connectivity index (χ0) is 25.3.